The summed E-state index contributed by atoms with van der Waals surface area (Å²) >= 11 is 0. The van der Waals surface area contributed by atoms with E-state index in [2.05, 4.69) is 191 Å². The van der Waals surface area contributed by atoms with Crippen LogP contribution in [0.2, 0.25) is 0 Å². The van der Waals surface area contributed by atoms with Crippen LogP contribution in [0.5, 0.6) is 0 Å². The minimum absolute atomic E-state index is 0.151. The maximum Gasteiger partial charge on any atom is 0.252 e. The van der Waals surface area contributed by atoms with Crippen molar-refractivity contribution in [1.29, 1.82) is 5.26 Å². The average molecular weight is 823 g/mol. The highest BCUT2D eigenvalue weighted by molar-refractivity contribution is 7.00. The van der Waals surface area contributed by atoms with E-state index in [0.29, 0.717) is 16.8 Å². The topological polar surface area (TPSA) is 34.6 Å². The molecule has 0 spiro atoms. The molecule has 0 amide bonds. The zero-order valence-electron chi connectivity index (χ0n) is 35.1. The van der Waals surface area contributed by atoms with E-state index in [9.17, 15) is 5.26 Å². The lowest BCUT2D eigenvalue weighted by Crippen LogP contribution is -2.61. The summed E-state index contributed by atoms with van der Waals surface area (Å²) in [6.45, 7) is 8.45. The molecule has 11 aromatic carbocycles. The van der Waals surface area contributed by atoms with E-state index in [4.69, 9.17) is 6.57 Å². The molecule has 0 saturated carbocycles. The second kappa shape index (κ2) is 14.3. The first-order valence-corrected chi connectivity index (χ1v) is 21.9. The van der Waals surface area contributed by atoms with Crippen molar-refractivity contribution in [2.24, 2.45) is 0 Å². The van der Waals surface area contributed by atoms with Crippen molar-refractivity contribution in [3.63, 3.8) is 0 Å². The summed E-state index contributed by atoms with van der Waals surface area (Å²) in [4.78, 5) is 8.97. The minimum Gasteiger partial charge on any atom is -0.311 e. The molecule has 13 rings (SSSR count). The summed E-state index contributed by atoms with van der Waals surface area (Å²) in [6, 6.07) is 78.2. The first kappa shape index (κ1) is 36.7. The van der Waals surface area contributed by atoms with Gasteiger partial charge in [-0.25, -0.2) is 4.85 Å². The van der Waals surface area contributed by atoms with Crippen LogP contribution in [0.1, 0.15) is 5.56 Å². The molecule has 0 radical (unpaired) electrons. The number of nitrogens with zero attached hydrogens (tertiary/aromatic N) is 4. The molecule has 5 heteroatoms. The van der Waals surface area contributed by atoms with Crippen LogP contribution in [-0.4, -0.2) is 6.71 Å². The third-order valence-corrected chi connectivity index (χ3v) is 13.5. The van der Waals surface area contributed by atoms with Crippen molar-refractivity contribution < 1.29 is 0 Å². The summed E-state index contributed by atoms with van der Waals surface area (Å²) in [7, 11) is 0. The molecule has 0 unspecified atom stereocenters. The van der Waals surface area contributed by atoms with Gasteiger partial charge in [-0.05, 0) is 161 Å². The van der Waals surface area contributed by atoms with Gasteiger partial charge in [-0.15, -0.1) is 0 Å². The van der Waals surface area contributed by atoms with Crippen LogP contribution < -0.4 is 26.2 Å². The lowest BCUT2D eigenvalue weighted by molar-refractivity contribution is 1.26. The van der Waals surface area contributed by atoms with Gasteiger partial charge in [0.2, 0.25) is 0 Å². The van der Waals surface area contributed by atoms with E-state index < -0.39 is 0 Å². The largest absolute Gasteiger partial charge is 0.311 e. The zero-order valence-corrected chi connectivity index (χ0v) is 35.1. The Morgan fingerprint density at radius 1 is 0.400 bits per heavy atom. The van der Waals surface area contributed by atoms with Gasteiger partial charge in [0.05, 0.1) is 12.6 Å². The highest BCUT2D eigenvalue weighted by atomic mass is 15.2. The smallest absolute Gasteiger partial charge is 0.252 e. The van der Waals surface area contributed by atoms with Gasteiger partial charge in [0.25, 0.3) is 6.71 Å². The molecule has 0 atom stereocenters. The molecule has 2 aliphatic rings. The second-order valence-electron chi connectivity index (χ2n) is 17.1. The molecular formula is C60H35BN4. The zero-order chi connectivity index (χ0) is 43.2. The Hall–Kier alpha value is -8.90. The Morgan fingerprint density at radius 2 is 0.831 bits per heavy atom. The molecule has 298 valence electrons. The first-order valence-electron chi connectivity index (χ1n) is 21.9. The van der Waals surface area contributed by atoms with Crippen LogP contribution in [0, 0.1) is 17.9 Å². The van der Waals surface area contributed by atoms with Gasteiger partial charge in [0.1, 0.15) is 0 Å². The SMILES string of the molecule is [C-]#[N+]c1cc(-c2ccccc2)cc(C#N)c1-c1cc2c3c(c1)N(c1ccccc1)c1cc4cc5ccccc5cc4cc1B3c1cc3cc4ccccc4cc3cc1N2c1ccccc1. The maximum atomic E-state index is 11.0. The third kappa shape index (κ3) is 5.70. The van der Waals surface area contributed by atoms with Crippen LogP contribution in [-0.2, 0) is 0 Å². The molecule has 11 aromatic rings. The number of anilines is 6. The van der Waals surface area contributed by atoms with E-state index in [1.54, 1.807) is 0 Å². The Bertz CT molecular complexity index is 3640. The number of rotatable bonds is 4. The first-order chi connectivity index (χ1) is 32.1. The lowest BCUT2D eigenvalue weighted by atomic mass is 9.33. The summed E-state index contributed by atoms with van der Waals surface area (Å²) in [5.74, 6) is 0. The van der Waals surface area contributed by atoms with Crippen LogP contribution in [0.3, 0.4) is 0 Å². The molecule has 0 saturated heterocycles. The quantitative estimate of drug-likeness (QED) is 0.101. The number of fused-ring (bicyclic) bond motifs is 8. The van der Waals surface area contributed by atoms with Gasteiger partial charge in [-0.3, -0.25) is 0 Å². The van der Waals surface area contributed by atoms with Crippen molar-refractivity contribution in [3.8, 4) is 28.3 Å². The van der Waals surface area contributed by atoms with Gasteiger partial charge in [0.15, 0.2) is 5.69 Å². The fraction of sp³-hybridized carbons (Fsp3) is 0. The number of hydrogen-bond donors (Lipinski definition) is 0. The maximum absolute atomic E-state index is 11.0. The molecule has 4 nitrogen and oxygen atoms in total. The molecule has 0 N–H and O–H groups in total. The molecule has 0 aliphatic carbocycles. The Balaban J connectivity index is 1.18. The van der Waals surface area contributed by atoms with Gasteiger partial charge >= 0.3 is 0 Å². The summed E-state index contributed by atoms with van der Waals surface area (Å²) in [5.41, 5.74) is 14.0. The number of hydrogen-bond acceptors (Lipinski definition) is 3. The van der Waals surface area contributed by atoms with E-state index >= 15 is 0 Å². The third-order valence-electron chi connectivity index (χ3n) is 13.5. The molecule has 2 heterocycles. The monoisotopic (exact) mass is 822 g/mol. The highest BCUT2D eigenvalue weighted by Crippen LogP contribution is 2.49. The predicted octanol–water partition coefficient (Wildman–Crippen LogP) is 14.1. The van der Waals surface area contributed by atoms with Gasteiger partial charge in [-0.1, -0.05) is 127 Å². The number of benzene rings is 11. The highest BCUT2D eigenvalue weighted by Gasteiger charge is 2.44. The molecule has 0 fully saturated rings. The van der Waals surface area contributed by atoms with Crippen molar-refractivity contribution in [2.45, 2.75) is 0 Å². The Labute approximate surface area is 377 Å². The normalized spacial score (nSPS) is 12.5. The minimum atomic E-state index is -0.151. The average Bonchev–Trinajstić information content (AvgIpc) is 3.36. The standard InChI is InChI=1S/C60H35BN4/c1-63-54-32-45(38-15-5-2-6-16-38)29-49(37-62)59(54)48-35-57-60-58(36-48)65(51-23-9-4-10-24-51)56-34-47-28-42-20-14-12-18-40(42)26-44(47)31-53(56)61(60)52-30-43-25-39-17-11-13-19-41(39)27-46(43)33-55(52)64(57)50-21-7-3-8-22-50/h2-36H. The van der Waals surface area contributed by atoms with Gasteiger partial charge in [0, 0.05) is 45.3 Å². The fourth-order valence-electron chi connectivity index (χ4n) is 10.6. The van der Waals surface area contributed by atoms with Gasteiger partial charge in [-0.2, -0.15) is 5.26 Å². The van der Waals surface area contributed by atoms with Crippen LogP contribution in [0.15, 0.2) is 212 Å². The summed E-state index contributed by atoms with van der Waals surface area (Å²) in [6.07, 6.45) is 0. The summed E-state index contributed by atoms with van der Waals surface area (Å²) in [5, 5.41) is 20.5. The van der Waals surface area contributed by atoms with Crippen molar-refractivity contribution in [3.05, 3.63) is 229 Å². The van der Waals surface area contributed by atoms with E-state index in [1.165, 1.54) is 48.7 Å². The second-order valence-corrected chi connectivity index (χ2v) is 17.1. The Kier molecular flexibility index (Phi) is 8.10. The summed E-state index contributed by atoms with van der Waals surface area (Å²) < 4.78 is 0. The molecule has 0 bridgehead atoms. The van der Waals surface area contributed by atoms with Crippen molar-refractivity contribution >= 4 is 106 Å². The number of nitriles is 1. The molecular weight excluding hydrogens is 787 g/mol. The Morgan fingerprint density at radius 3 is 1.28 bits per heavy atom. The van der Waals surface area contributed by atoms with Gasteiger partial charge < -0.3 is 9.80 Å². The predicted molar refractivity (Wildman–Crippen MR) is 272 cm³/mol. The van der Waals surface area contributed by atoms with Crippen molar-refractivity contribution in [2.75, 3.05) is 9.80 Å². The lowest BCUT2D eigenvalue weighted by Gasteiger charge is -2.44. The van der Waals surface area contributed by atoms with E-state index in [-0.39, 0.29) is 6.71 Å². The van der Waals surface area contributed by atoms with E-state index in [0.717, 1.165) is 61.6 Å². The van der Waals surface area contributed by atoms with Crippen LogP contribution in [0.25, 0.3) is 70.2 Å². The van der Waals surface area contributed by atoms with E-state index in [1.807, 2.05) is 42.5 Å². The van der Waals surface area contributed by atoms with Crippen molar-refractivity contribution in [1.82, 2.24) is 0 Å². The van der Waals surface area contributed by atoms with Crippen LogP contribution in [0.4, 0.5) is 39.8 Å². The fourth-order valence-corrected chi connectivity index (χ4v) is 10.6. The molecule has 65 heavy (non-hydrogen) atoms. The molecule has 0 aromatic heterocycles. The molecule has 2 aliphatic heterocycles. The van der Waals surface area contributed by atoms with Crippen LogP contribution >= 0.6 is 0 Å². The number of para-hydroxylation sites is 2.